The molecule has 2 fully saturated rings. The summed E-state index contributed by atoms with van der Waals surface area (Å²) in [5.74, 6) is 1.34. The predicted molar refractivity (Wildman–Crippen MR) is 99.8 cm³/mol. The molecule has 0 saturated carbocycles. The third-order valence-electron chi connectivity index (χ3n) is 5.63. The minimum atomic E-state index is 0.0560. The second-order valence-electron chi connectivity index (χ2n) is 7.40. The summed E-state index contributed by atoms with van der Waals surface area (Å²) in [7, 11) is 1.70. The molecule has 5 nitrogen and oxygen atoms in total. The van der Waals surface area contributed by atoms with Gasteiger partial charge in [0.05, 0.1) is 13.2 Å². The van der Waals surface area contributed by atoms with Crippen molar-refractivity contribution < 1.29 is 9.53 Å². The van der Waals surface area contributed by atoms with E-state index < -0.39 is 0 Å². The van der Waals surface area contributed by atoms with Crippen LogP contribution in [0, 0.1) is 5.92 Å². The Balaban J connectivity index is 1.74. The van der Waals surface area contributed by atoms with Crippen LogP contribution in [0.15, 0.2) is 24.3 Å². The summed E-state index contributed by atoms with van der Waals surface area (Å²) in [5, 5.41) is 3.44. The van der Waals surface area contributed by atoms with Crippen molar-refractivity contribution in [3.8, 4) is 5.75 Å². The SMILES string of the molecule is COc1ccccc1C1CNCCN1C(=O)C1CCN(C(C)C)CC1. The van der Waals surface area contributed by atoms with Gasteiger partial charge in [-0.2, -0.15) is 0 Å². The monoisotopic (exact) mass is 345 g/mol. The number of piperidine rings is 1. The minimum Gasteiger partial charge on any atom is -0.496 e. The van der Waals surface area contributed by atoms with Crippen LogP contribution in [0.1, 0.15) is 38.3 Å². The number of piperazine rings is 1. The molecule has 138 valence electrons. The number of hydrogen-bond acceptors (Lipinski definition) is 4. The van der Waals surface area contributed by atoms with Gasteiger partial charge in [-0.1, -0.05) is 18.2 Å². The van der Waals surface area contributed by atoms with Gasteiger partial charge in [-0.3, -0.25) is 4.79 Å². The number of rotatable bonds is 4. The van der Waals surface area contributed by atoms with E-state index in [0.717, 1.165) is 56.9 Å². The first-order valence-corrected chi connectivity index (χ1v) is 9.50. The summed E-state index contributed by atoms with van der Waals surface area (Å²) < 4.78 is 5.54. The highest BCUT2D eigenvalue weighted by Gasteiger charge is 2.35. The number of amides is 1. The fraction of sp³-hybridized carbons (Fsp3) is 0.650. The summed E-state index contributed by atoms with van der Waals surface area (Å²) in [6.45, 7) is 8.94. The second-order valence-corrected chi connectivity index (χ2v) is 7.40. The van der Waals surface area contributed by atoms with Gasteiger partial charge in [0.15, 0.2) is 0 Å². The van der Waals surface area contributed by atoms with Gasteiger partial charge in [-0.25, -0.2) is 0 Å². The average Bonchev–Trinajstić information content (AvgIpc) is 2.67. The molecule has 1 unspecified atom stereocenters. The van der Waals surface area contributed by atoms with E-state index in [1.807, 2.05) is 18.2 Å². The zero-order valence-electron chi connectivity index (χ0n) is 15.7. The Morgan fingerprint density at radius 2 is 1.92 bits per heavy atom. The van der Waals surface area contributed by atoms with Gasteiger partial charge >= 0.3 is 0 Å². The molecule has 25 heavy (non-hydrogen) atoms. The van der Waals surface area contributed by atoms with E-state index in [1.54, 1.807) is 7.11 Å². The number of para-hydroxylation sites is 1. The molecule has 5 heteroatoms. The summed E-state index contributed by atoms with van der Waals surface area (Å²) in [4.78, 5) is 17.8. The van der Waals surface area contributed by atoms with Gasteiger partial charge in [0.25, 0.3) is 0 Å². The summed E-state index contributed by atoms with van der Waals surface area (Å²) in [6, 6.07) is 8.69. The number of ether oxygens (including phenoxy) is 1. The first kappa shape index (κ1) is 18.2. The normalized spacial score (nSPS) is 23.0. The van der Waals surface area contributed by atoms with Crippen LogP contribution in [-0.2, 0) is 4.79 Å². The van der Waals surface area contributed by atoms with Crippen molar-refractivity contribution in [1.29, 1.82) is 0 Å². The van der Waals surface area contributed by atoms with Gasteiger partial charge in [-0.05, 0) is 45.8 Å². The molecule has 0 aliphatic carbocycles. The van der Waals surface area contributed by atoms with E-state index in [1.165, 1.54) is 0 Å². The molecule has 0 bridgehead atoms. The zero-order valence-corrected chi connectivity index (χ0v) is 15.7. The van der Waals surface area contributed by atoms with Crippen molar-refractivity contribution in [3.63, 3.8) is 0 Å². The fourth-order valence-corrected chi connectivity index (χ4v) is 4.08. The van der Waals surface area contributed by atoms with Crippen LogP contribution >= 0.6 is 0 Å². The highest BCUT2D eigenvalue weighted by Crippen LogP contribution is 2.32. The van der Waals surface area contributed by atoms with E-state index in [2.05, 4.69) is 35.0 Å². The molecule has 1 N–H and O–H groups in total. The van der Waals surface area contributed by atoms with Crippen LogP contribution in [-0.4, -0.2) is 61.6 Å². The number of hydrogen-bond donors (Lipinski definition) is 1. The number of benzene rings is 1. The number of nitrogens with one attached hydrogen (secondary N) is 1. The lowest BCUT2D eigenvalue weighted by atomic mass is 9.92. The predicted octanol–water partition coefficient (Wildman–Crippen LogP) is 2.29. The smallest absolute Gasteiger partial charge is 0.226 e. The van der Waals surface area contributed by atoms with E-state index in [4.69, 9.17) is 4.74 Å². The summed E-state index contributed by atoms with van der Waals surface area (Å²) in [5.41, 5.74) is 1.10. The van der Waals surface area contributed by atoms with Gasteiger partial charge in [0.2, 0.25) is 5.91 Å². The number of nitrogens with zero attached hydrogens (tertiary/aromatic N) is 2. The van der Waals surface area contributed by atoms with E-state index in [-0.39, 0.29) is 12.0 Å². The van der Waals surface area contributed by atoms with Gasteiger partial charge < -0.3 is 19.9 Å². The molecule has 1 amide bonds. The Kier molecular flexibility index (Phi) is 5.97. The molecule has 3 rings (SSSR count). The Bertz CT molecular complexity index is 582. The molecular formula is C20H31N3O2. The summed E-state index contributed by atoms with van der Waals surface area (Å²) >= 11 is 0. The number of carbonyl (C=O) groups is 1. The molecular weight excluding hydrogens is 314 g/mol. The topological polar surface area (TPSA) is 44.8 Å². The van der Waals surface area contributed by atoms with Gasteiger partial charge in [0, 0.05) is 37.2 Å². The maximum Gasteiger partial charge on any atom is 0.226 e. The lowest BCUT2D eigenvalue weighted by molar-refractivity contribution is -0.140. The van der Waals surface area contributed by atoms with E-state index in [9.17, 15) is 4.79 Å². The molecule has 2 aliphatic rings. The first-order valence-electron chi connectivity index (χ1n) is 9.50. The standard InChI is InChI=1S/C20H31N3O2/c1-15(2)22-11-8-16(9-12-22)20(24)23-13-10-21-14-18(23)17-6-4-5-7-19(17)25-3/h4-7,15-16,18,21H,8-14H2,1-3H3. The molecule has 1 atom stereocenters. The maximum atomic E-state index is 13.3. The first-order chi connectivity index (χ1) is 12.1. The van der Waals surface area contributed by atoms with Crippen LogP contribution < -0.4 is 10.1 Å². The fourth-order valence-electron chi connectivity index (χ4n) is 4.08. The van der Waals surface area contributed by atoms with Crippen molar-refractivity contribution in [2.24, 2.45) is 5.92 Å². The maximum absolute atomic E-state index is 13.3. The van der Waals surface area contributed by atoms with E-state index >= 15 is 0 Å². The lowest BCUT2D eigenvalue weighted by Crippen LogP contribution is -2.52. The molecule has 1 aromatic carbocycles. The molecule has 2 heterocycles. The van der Waals surface area contributed by atoms with Crippen LogP contribution in [0.3, 0.4) is 0 Å². The lowest BCUT2D eigenvalue weighted by Gasteiger charge is -2.41. The van der Waals surface area contributed by atoms with E-state index in [0.29, 0.717) is 11.9 Å². The molecule has 2 aliphatic heterocycles. The van der Waals surface area contributed by atoms with Gasteiger partial charge in [0.1, 0.15) is 5.75 Å². The Hall–Kier alpha value is -1.59. The average molecular weight is 345 g/mol. The van der Waals surface area contributed by atoms with Crippen molar-refractivity contribution in [2.45, 2.75) is 38.8 Å². The Morgan fingerprint density at radius 3 is 2.60 bits per heavy atom. The Morgan fingerprint density at radius 1 is 1.20 bits per heavy atom. The number of likely N-dealkylation sites (tertiary alicyclic amines) is 1. The van der Waals surface area contributed by atoms with Crippen molar-refractivity contribution in [2.75, 3.05) is 39.8 Å². The van der Waals surface area contributed by atoms with Crippen molar-refractivity contribution >= 4 is 5.91 Å². The zero-order chi connectivity index (χ0) is 17.8. The molecule has 0 radical (unpaired) electrons. The number of carbonyl (C=O) groups excluding carboxylic acids is 1. The molecule has 2 saturated heterocycles. The molecule has 0 spiro atoms. The van der Waals surface area contributed by atoms with Crippen molar-refractivity contribution in [3.05, 3.63) is 29.8 Å². The second kappa shape index (κ2) is 8.19. The quantitative estimate of drug-likeness (QED) is 0.909. The number of methoxy groups -OCH3 is 1. The largest absolute Gasteiger partial charge is 0.496 e. The van der Waals surface area contributed by atoms with Crippen LogP contribution in [0.25, 0.3) is 0 Å². The van der Waals surface area contributed by atoms with Crippen LogP contribution in [0.4, 0.5) is 0 Å². The molecule has 1 aromatic rings. The highest BCUT2D eigenvalue weighted by atomic mass is 16.5. The minimum absolute atomic E-state index is 0.0560. The van der Waals surface area contributed by atoms with Crippen molar-refractivity contribution in [1.82, 2.24) is 15.1 Å². The third kappa shape index (κ3) is 3.98. The Labute approximate surface area is 151 Å². The summed E-state index contributed by atoms with van der Waals surface area (Å²) in [6.07, 6.45) is 1.94. The van der Waals surface area contributed by atoms with Crippen LogP contribution in [0.5, 0.6) is 5.75 Å². The van der Waals surface area contributed by atoms with Gasteiger partial charge in [-0.15, -0.1) is 0 Å². The molecule has 0 aromatic heterocycles. The highest BCUT2D eigenvalue weighted by molar-refractivity contribution is 5.79. The third-order valence-corrected chi connectivity index (χ3v) is 5.63. The van der Waals surface area contributed by atoms with Crippen LogP contribution in [0.2, 0.25) is 0 Å².